The van der Waals surface area contributed by atoms with E-state index in [1.165, 1.54) is 0 Å². The highest BCUT2D eigenvalue weighted by Gasteiger charge is 2.39. The summed E-state index contributed by atoms with van der Waals surface area (Å²) in [6.45, 7) is 4.08. The summed E-state index contributed by atoms with van der Waals surface area (Å²) in [5.41, 5.74) is 4.63. The number of rotatable bonds is 6. The molecule has 0 saturated heterocycles. The molecule has 0 bridgehead atoms. The average molecular weight is 449 g/mol. The Morgan fingerprint density at radius 2 is 1.82 bits per heavy atom. The van der Waals surface area contributed by atoms with Crippen molar-refractivity contribution in [1.29, 1.82) is 0 Å². The quantitative estimate of drug-likeness (QED) is 0.732. The van der Waals surface area contributed by atoms with Crippen LogP contribution >= 0.6 is 0 Å². The molecule has 174 valence electrons. The fraction of sp³-hybridized carbons (Fsp3) is 0.500. The average Bonchev–Trinajstić information content (AvgIpc) is 3.73. The second-order valence-electron chi connectivity index (χ2n) is 9.81. The first kappa shape index (κ1) is 21.7. The summed E-state index contributed by atoms with van der Waals surface area (Å²) in [7, 11) is 1.90. The Bertz CT molecular complexity index is 1100. The van der Waals surface area contributed by atoms with Crippen molar-refractivity contribution < 1.29 is 14.4 Å². The molecule has 0 unspecified atom stereocenters. The normalized spacial score (nSPS) is 19.9. The molecule has 3 amide bonds. The highest BCUT2D eigenvalue weighted by molar-refractivity contribution is 6.06. The molecule has 7 nitrogen and oxygen atoms in total. The van der Waals surface area contributed by atoms with Gasteiger partial charge in [0.1, 0.15) is 0 Å². The number of hydrogen-bond acceptors (Lipinski definition) is 3. The van der Waals surface area contributed by atoms with Crippen LogP contribution in [-0.4, -0.2) is 53.3 Å². The minimum atomic E-state index is -0.0614. The number of anilines is 2. The molecule has 2 heterocycles. The first-order valence-corrected chi connectivity index (χ1v) is 12.0. The van der Waals surface area contributed by atoms with Crippen molar-refractivity contribution in [3.05, 3.63) is 36.2 Å². The summed E-state index contributed by atoms with van der Waals surface area (Å²) in [5, 5.41) is 0. The van der Waals surface area contributed by atoms with Gasteiger partial charge in [-0.1, -0.05) is 6.07 Å². The number of nitrogens with one attached hydrogen (secondary N) is 1. The van der Waals surface area contributed by atoms with Crippen LogP contribution in [0.15, 0.2) is 30.5 Å². The van der Waals surface area contributed by atoms with Crippen molar-refractivity contribution >= 4 is 29.1 Å². The van der Waals surface area contributed by atoms with Crippen LogP contribution in [0, 0.1) is 5.92 Å². The first-order chi connectivity index (χ1) is 15.8. The second-order valence-corrected chi connectivity index (χ2v) is 9.81. The van der Waals surface area contributed by atoms with E-state index in [1.54, 1.807) is 11.8 Å². The lowest BCUT2D eigenvalue weighted by Gasteiger charge is -2.41. The third kappa shape index (κ3) is 4.28. The summed E-state index contributed by atoms with van der Waals surface area (Å²) in [5.74, 6) is 0.453. The molecular weight excluding hydrogens is 416 g/mol. The highest BCUT2D eigenvalue weighted by Crippen LogP contribution is 2.42. The van der Waals surface area contributed by atoms with E-state index < -0.39 is 0 Å². The van der Waals surface area contributed by atoms with Gasteiger partial charge in [0.05, 0.1) is 17.4 Å². The Morgan fingerprint density at radius 1 is 1.06 bits per heavy atom. The van der Waals surface area contributed by atoms with Gasteiger partial charge in [0, 0.05) is 50.8 Å². The van der Waals surface area contributed by atoms with Gasteiger partial charge in [-0.2, -0.15) is 0 Å². The number of amides is 3. The van der Waals surface area contributed by atoms with Crippen molar-refractivity contribution in [2.45, 2.75) is 64.5 Å². The van der Waals surface area contributed by atoms with Gasteiger partial charge in [-0.15, -0.1) is 0 Å². The van der Waals surface area contributed by atoms with E-state index >= 15 is 0 Å². The lowest BCUT2D eigenvalue weighted by Crippen LogP contribution is -2.51. The molecule has 1 aliphatic heterocycles. The fourth-order valence-corrected chi connectivity index (χ4v) is 4.88. The number of aromatic amines is 1. The van der Waals surface area contributed by atoms with Crippen LogP contribution in [0.3, 0.4) is 0 Å². The summed E-state index contributed by atoms with van der Waals surface area (Å²) in [6.07, 6.45) is 7.25. The maximum Gasteiger partial charge on any atom is 0.230 e. The highest BCUT2D eigenvalue weighted by atomic mass is 16.2. The van der Waals surface area contributed by atoms with Crippen molar-refractivity contribution in [2.75, 3.05) is 23.4 Å². The van der Waals surface area contributed by atoms with Crippen LogP contribution < -0.4 is 9.80 Å². The summed E-state index contributed by atoms with van der Waals surface area (Å²) >= 11 is 0. The van der Waals surface area contributed by atoms with Crippen LogP contribution in [0.5, 0.6) is 0 Å². The van der Waals surface area contributed by atoms with E-state index in [2.05, 4.69) is 11.1 Å². The SMILES string of the molecule is CC(=O)N1c2ccc(-c3c[nH]c(CCC(=O)N(C)C4CC4)c3)cc2N(C(=O)C2CC2)C[C@@H]1C. The van der Waals surface area contributed by atoms with E-state index in [0.717, 1.165) is 53.9 Å². The third-order valence-corrected chi connectivity index (χ3v) is 7.12. The van der Waals surface area contributed by atoms with Crippen LogP contribution in [0.1, 0.15) is 51.6 Å². The number of carbonyl (C=O) groups excluding carboxylic acids is 3. The molecule has 7 heteroatoms. The van der Waals surface area contributed by atoms with Crippen LogP contribution in [0.25, 0.3) is 11.1 Å². The Balaban J connectivity index is 1.38. The van der Waals surface area contributed by atoms with Crippen molar-refractivity contribution in [2.24, 2.45) is 5.92 Å². The molecule has 2 saturated carbocycles. The van der Waals surface area contributed by atoms with E-state index in [9.17, 15) is 14.4 Å². The summed E-state index contributed by atoms with van der Waals surface area (Å²) < 4.78 is 0. The Kier molecular flexibility index (Phi) is 5.51. The van der Waals surface area contributed by atoms with E-state index in [4.69, 9.17) is 0 Å². The molecule has 0 radical (unpaired) electrons. The van der Waals surface area contributed by atoms with Gasteiger partial charge in [0.2, 0.25) is 17.7 Å². The second kappa shape index (κ2) is 8.36. The standard InChI is InChI=1S/C26H32N4O3/c1-16-15-29(26(33)18-4-5-18)24-13-19(6-10-23(24)30(16)17(2)31)20-12-21(27-14-20)7-11-25(32)28(3)22-8-9-22/h6,10,12-14,16,18,22,27H,4-5,7-9,11,15H2,1-3H3/t16-/m0/s1. The molecule has 1 N–H and O–H groups in total. The lowest BCUT2D eigenvalue weighted by molar-refractivity contribution is -0.130. The monoisotopic (exact) mass is 448 g/mol. The van der Waals surface area contributed by atoms with E-state index in [0.29, 0.717) is 25.4 Å². The molecule has 5 rings (SSSR count). The Hall–Kier alpha value is -3.09. The van der Waals surface area contributed by atoms with Gasteiger partial charge >= 0.3 is 0 Å². The third-order valence-electron chi connectivity index (χ3n) is 7.12. The van der Waals surface area contributed by atoms with Gasteiger partial charge in [-0.25, -0.2) is 0 Å². The zero-order chi connectivity index (χ0) is 23.3. The molecule has 1 aromatic heterocycles. The smallest absolute Gasteiger partial charge is 0.230 e. The molecule has 2 aromatic rings. The van der Waals surface area contributed by atoms with Gasteiger partial charge in [0.25, 0.3) is 0 Å². The number of nitrogens with zero attached hydrogens (tertiary/aromatic N) is 3. The Morgan fingerprint density at radius 3 is 2.48 bits per heavy atom. The fourth-order valence-electron chi connectivity index (χ4n) is 4.88. The lowest BCUT2D eigenvalue weighted by atomic mass is 10.0. The van der Waals surface area contributed by atoms with Crippen LogP contribution in [0.4, 0.5) is 11.4 Å². The van der Waals surface area contributed by atoms with Gasteiger partial charge in [0.15, 0.2) is 0 Å². The molecule has 3 aliphatic rings. The van der Waals surface area contributed by atoms with Gasteiger partial charge in [-0.3, -0.25) is 14.4 Å². The predicted molar refractivity (Wildman–Crippen MR) is 128 cm³/mol. The van der Waals surface area contributed by atoms with Crippen molar-refractivity contribution in [3.63, 3.8) is 0 Å². The van der Waals surface area contributed by atoms with Crippen molar-refractivity contribution in [3.8, 4) is 11.1 Å². The zero-order valence-electron chi connectivity index (χ0n) is 19.6. The molecule has 2 aliphatic carbocycles. The Labute approximate surface area is 194 Å². The number of aromatic nitrogens is 1. The molecule has 2 fully saturated rings. The number of H-pyrrole nitrogens is 1. The molecule has 1 aromatic carbocycles. The number of carbonyl (C=O) groups is 3. The van der Waals surface area contributed by atoms with Gasteiger partial charge in [-0.05, 0) is 68.4 Å². The number of fused-ring (bicyclic) bond motifs is 1. The molecule has 33 heavy (non-hydrogen) atoms. The predicted octanol–water partition coefficient (Wildman–Crippen LogP) is 3.73. The molecule has 0 spiro atoms. The van der Waals surface area contributed by atoms with E-state index in [1.807, 2.05) is 48.2 Å². The largest absolute Gasteiger partial charge is 0.364 e. The number of aryl methyl sites for hydroxylation is 1. The number of hydrogen-bond donors (Lipinski definition) is 1. The summed E-state index contributed by atoms with van der Waals surface area (Å²) in [6, 6.07) is 8.44. The maximum absolute atomic E-state index is 13.0. The topological polar surface area (TPSA) is 76.7 Å². The minimum absolute atomic E-state index is 0.0141. The maximum atomic E-state index is 13.0. The first-order valence-electron chi connectivity index (χ1n) is 12.0. The van der Waals surface area contributed by atoms with Gasteiger partial charge < -0.3 is 19.7 Å². The molecular formula is C26H32N4O3. The molecule has 1 atom stereocenters. The van der Waals surface area contributed by atoms with E-state index in [-0.39, 0.29) is 29.7 Å². The zero-order valence-corrected chi connectivity index (χ0v) is 19.6. The van der Waals surface area contributed by atoms with Crippen LogP contribution in [0.2, 0.25) is 0 Å². The summed E-state index contributed by atoms with van der Waals surface area (Å²) in [4.78, 5) is 46.6. The van der Waals surface area contributed by atoms with Crippen molar-refractivity contribution in [1.82, 2.24) is 9.88 Å². The number of benzene rings is 1. The minimum Gasteiger partial charge on any atom is -0.364 e. The van der Waals surface area contributed by atoms with Crippen LogP contribution in [-0.2, 0) is 20.8 Å².